The number of fused-ring (bicyclic) bond motifs is 5. The highest BCUT2D eigenvalue weighted by Crippen LogP contribution is 2.39. The van der Waals surface area contributed by atoms with Crippen LogP contribution in [-0.2, 0) is 0 Å². The van der Waals surface area contributed by atoms with Crippen molar-refractivity contribution in [1.82, 2.24) is 4.98 Å². The van der Waals surface area contributed by atoms with Crippen LogP contribution >= 0.6 is 0 Å². The van der Waals surface area contributed by atoms with E-state index in [2.05, 4.69) is 163 Å². The van der Waals surface area contributed by atoms with E-state index in [1.54, 1.807) is 0 Å². The molecule has 1 aromatic heterocycles. The molecule has 1 heterocycles. The van der Waals surface area contributed by atoms with Gasteiger partial charge in [-0.15, -0.1) is 0 Å². The van der Waals surface area contributed by atoms with Gasteiger partial charge in [0, 0.05) is 28.0 Å². The van der Waals surface area contributed by atoms with Crippen molar-refractivity contribution in [3.05, 3.63) is 194 Å². The average molecular weight is 665 g/mol. The molecule has 0 spiro atoms. The first-order chi connectivity index (χ1) is 25.7. The Bertz CT molecular complexity index is 2890. The van der Waals surface area contributed by atoms with E-state index in [9.17, 15) is 0 Å². The third-order valence-corrected chi connectivity index (χ3v) is 10.1. The van der Waals surface area contributed by atoms with Gasteiger partial charge < -0.3 is 9.32 Å². The van der Waals surface area contributed by atoms with Gasteiger partial charge in [-0.3, -0.25) is 0 Å². The van der Waals surface area contributed by atoms with Gasteiger partial charge >= 0.3 is 0 Å². The number of rotatable bonds is 6. The first-order valence-electron chi connectivity index (χ1n) is 17.6. The number of para-hydroxylation sites is 1. The SMILES string of the molecule is c1ccc(-c2nc3c(ccc4ccc(-c5ccc6cc(N(c7ccccc7)c7ccc(-c8cccc9ccccc89)cc7)ccc6c5)cc43)o2)cc1. The van der Waals surface area contributed by atoms with Crippen molar-refractivity contribution in [2.75, 3.05) is 4.90 Å². The fourth-order valence-corrected chi connectivity index (χ4v) is 7.44. The van der Waals surface area contributed by atoms with Crippen LogP contribution in [0.15, 0.2) is 199 Å². The molecular weight excluding hydrogens is 633 g/mol. The van der Waals surface area contributed by atoms with Crippen LogP contribution in [-0.4, -0.2) is 4.98 Å². The van der Waals surface area contributed by atoms with Crippen LogP contribution in [0.3, 0.4) is 0 Å². The van der Waals surface area contributed by atoms with Gasteiger partial charge in [0.15, 0.2) is 5.58 Å². The molecule has 0 N–H and O–H groups in total. The summed E-state index contributed by atoms with van der Waals surface area (Å²) in [6.07, 6.45) is 0. The molecule has 0 radical (unpaired) electrons. The summed E-state index contributed by atoms with van der Waals surface area (Å²) in [6, 6.07) is 68.9. The zero-order chi connectivity index (χ0) is 34.4. The first-order valence-corrected chi connectivity index (χ1v) is 17.6. The summed E-state index contributed by atoms with van der Waals surface area (Å²) in [5.41, 5.74) is 10.7. The molecule has 0 aliphatic carbocycles. The van der Waals surface area contributed by atoms with E-state index >= 15 is 0 Å². The van der Waals surface area contributed by atoms with E-state index in [4.69, 9.17) is 9.40 Å². The lowest BCUT2D eigenvalue weighted by Crippen LogP contribution is -2.09. The smallest absolute Gasteiger partial charge is 0.227 e. The Kier molecular flexibility index (Phi) is 7.14. The number of hydrogen-bond acceptors (Lipinski definition) is 3. The van der Waals surface area contributed by atoms with Crippen LogP contribution < -0.4 is 4.90 Å². The van der Waals surface area contributed by atoms with Gasteiger partial charge in [0.05, 0.1) is 0 Å². The third-order valence-electron chi connectivity index (χ3n) is 10.1. The van der Waals surface area contributed by atoms with Gasteiger partial charge in [0.25, 0.3) is 0 Å². The van der Waals surface area contributed by atoms with E-state index < -0.39 is 0 Å². The van der Waals surface area contributed by atoms with Crippen molar-refractivity contribution in [1.29, 1.82) is 0 Å². The van der Waals surface area contributed by atoms with E-state index in [0.717, 1.165) is 55.6 Å². The van der Waals surface area contributed by atoms with Crippen molar-refractivity contribution in [2.45, 2.75) is 0 Å². The van der Waals surface area contributed by atoms with Crippen molar-refractivity contribution >= 4 is 60.5 Å². The van der Waals surface area contributed by atoms with Crippen LogP contribution in [0.25, 0.3) is 77.1 Å². The summed E-state index contributed by atoms with van der Waals surface area (Å²) in [7, 11) is 0. The summed E-state index contributed by atoms with van der Waals surface area (Å²) < 4.78 is 6.19. The maximum atomic E-state index is 6.19. The molecule has 0 bridgehead atoms. The predicted octanol–water partition coefficient (Wildman–Crippen LogP) is 13.8. The minimum absolute atomic E-state index is 0.639. The maximum Gasteiger partial charge on any atom is 0.227 e. The number of aromatic nitrogens is 1. The molecular formula is C49H32N2O. The second-order valence-electron chi connectivity index (χ2n) is 13.2. The molecule has 0 fully saturated rings. The standard InChI is InChI=1S/C49H32N2O/c1-3-11-36(12-4-1)49-50-48-46-32-40(19-18-35(46)25-29-47(48)52-49)37-20-21-39-31-43(28-24-38(39)30-37)51(41-14-5-2-6-15-41)42-26-22-34(23-27-42)45-17-9-13-33-10-7-8-16-44(33)45/h1-32H. The molecule has 10 rings (SSSR count). The maximum absolute atomic E-state index is 6.19. The number of oxazole rings is 1. The molecule has 0 amide bonds. The Morgan fingerprint density at radius 3 is 1.81 bits per heavy atom. The molecule has 244 valence electrons. The van der Waals surface area contributed by atoms with Gasteiger partial charge in [0.2, 0.25) is 5.89 Å². The highest BCUT2D eigenvalue weighted by atomic mass is 16.3. The Hall–Kier alpha value is -6.97. The summed E-state index contributed by atoms with van der Waals surface area (Å²) in [5.74, 6) is 0.639. The molecule has 52 heavy (non-hydrogen) atoms. The highest BCUT2D eigenvalue weighted by molar-refractivity contribution is 6.06. The van der Waals surface area contributed by atoms with Crippen LogP contribution in [0.5, 0.6) is 0 Å². The van der Waals surface area contributed by atoms with Crippen LogP contribution in [0, 0.1) is 0 Å². The molecule has 0 saturated carbocycles. The molecule has 9 aromatic carbocycles. The van der Waals surface area contributed by atoms with Crippen molar-refractivity contribution in [2.24, 2.45) is 0 Å². The minimum atomic E-state index is 0.639. The van der Waals surface area contributed by atoms with Crippen molar-refractivity contribution < 1.29 is 4.42 Å². The Morgan fingerprint density at radius 2 is 0.962 bits per heavy atom. The predicted molar refractivity (Wildman–Crippen MR) is 218 cm³/mol. The number of hydrogen-bond donors (Lipinski definition) is 0. The molecule has 0 saturated heterocycles. The van der Waals surface area contributed by atoms with Crippen LogP contribution in [0.2, 0.25) is 0 Å². The van der Waals surface area contributed by atoms with Gasteiger partial charge in [-0.1, -0.05) is 127 Å². The molecule has 3 nitrogen and oxygen atoms in total. The highest BCUT2D eigenvalue weighted by Gasteiger charge is 2.15. The third kappa shape index (κ3) is 5.28. The van der Waals surface area contributed by atoms with Crippen LogP contribution in [0.1, 0.15) is 0 Å². The fourth-order valence-electron chi connectivity index (χ4n) is 7.44. The summed E-state index contributed by atoms with van der Waals surface area (Å²) in [6.45, 7) is 0. The molecule has 0 atom stereocenters. The molecule has 0 aliphatic heterocycles. The Labute approximate surface area is 301 Å². The second kappa shape index (κ2) is 12.4. The quantitative estimate of drug-likeness (QED) is 0.177. The monoisotopic (exact) mass is 664 g/mol. The van der Waals surface area contributed by atoms with Gasteiger partial charge in [0.1, 0.15) is 5.52 Å². The van der Waals surface area contributed by atoms with E-state index in [1.807, 2.05) is 36.4 Å². The lowest BCUT2D eigenvalue weighted by Gasteiger charge is -2.26. The summed E-state index contributed by atoms with van der Waals surface area (Å²) in [5, 5.41) is 7.11. The van der Waals surface area contributed by atoms with E-state index in [0.29, 0.717) is 5.89 Å². The van der Waals surface area contributed by atoms with Crippen molar-refractivity contribution in [3.8, 4) is 33.7 Å². The van der Waals surface area contributed by atoms with Gasteiger partial charge in [-0.2, -0.15) is 0 Å². The van der Waals surface area contributed by atoms with Crippen LogP contribution in [0.4, 0.5) is 17.1 Å². The zero-order valence-electron chi connectivity index (χ0n) is 28.3. The molecule has 3 heteroatoms. The Morgan fingerprint density at radius 1 is 0.365 bits per heavy atom. The lowest BCUT2D eigenvalue weighted by molar-refractivity contribution is 0.620. The van der Waals surface area contributed by atoms with E-state index in [-0.39, 0.29) is 0 Å². The number of nitrogens with zero attached hydrogens (tertiary/aromatic N) is 2. The first kappa shape index (κ1) is 29.9. The minimum Gasteiger partial charge on any atom is -0.436 e. The molecule has 0 unspecified atom stereocenters. The molecule has 0 aliphatic rings. The van der Waals surface area contributed by atoms with E-state index in [1.165, 1.54) is 32.7 Å². The zero-order valence-corrected chi connectivity index (χ0v) is 28.3. The average Bonchev–Trinajstić information content (AvgIpc) is 3.67. The number of anilines is 3. The Balaban J connectivity index is 1.01. The molecule has 10 aromatic rings. The topological polar surface area (TPSA) is 29.3 Å². The largest absolute Gasteiger partial charge is 0.436 e. The normalized spacial score (nSPS) is 11.5. The van der Waals surface area contributed by atoms with Crippen molar-refractivity contribution in [3.63, 3.8) is 0 Å². The lowest BCUT2D eigenvalue weighted by atomic mass is 9.97. The fraction of sp³-hybridized carbons (Fsp3) is 0. The summed E-state index contributed by atoms with van der Waals surface area (Å²) in [4.78, 5) is 7.26. The number of benzene rings is 9. The van der Waals surface area contributed by atoms with Gasteiger partial charge in [-0.25, -0.2) is 4.98 Å². The summed E-state index contributed by atoms with van der Waals surface area (Å²) >= 11 is 0. The second-order valence-corrected chi connectivity index (χ2v) is 13.2. The van der Waals surface area contributed by atoms with Gasteiger partial charge in [-0.05, 0) is 116 Å².